The van der Waals surface area contributed by atoms with Gasteiger partial charge in [-0.1, -0.05) is 25.4 Å². The lowest BCUT2D eigenvalue weighted by molar-refractivity contribution is 0.251. The van der Waals surface area contributed by atoms with E-state index in [2.05, 4.69) is 34.4 Å². The first-order valence-electron chi connectivity index (χ1n) is 7.12. The van der Waals surface area contributed by atoms with Gasteiger partial charge in [0.05, 0.1) is 29.9 Å². The van der Waals surface area contributed by atoms with Gasteiger partial charge in [-0.15, -0.1) is 0 Å². The topological polar surface area (TPSA) is 71.8 Å². The first-order chi connectivity index (χ1) is 10.5. The molecule has 2 aromatic heterocycles. The maximum Gasteiger partial charge on any atom is 0.319 e. The molecular formula is C15H20ClN5O. The largest absolute Gasteiger partial charge is 0.333 e. The van der Waals surface area contributed by atoms with E-state index in [-0.39, 0.29) is 6.03 Å². The Kier molecular flexibility index (Phi) is 5.38. The fraction of sp³-hybridized carbons (Fsp3) is 0.400. The number of rotatable bonds is 5. The van der Waals surface area contributed by atoms with Crippen molar-refractivity contribution < 1.29 is 4.79 Å². The second-order valence-corrected chi connectivity index (χ2v) is 5.89. The maximum atomic E-state index is 12.0. The monoisotopic (exact) mass is 321 g/mol. The van der Waals surface area contributed by atoms with E-state index in [9.17, 15) is 4.79 Å². The molecule has 0 aromatic carbocycles. The van der Waals surface area contributed by atoms with Crippen molar-refractivity contribution in [2.75, 3.05) is 5.32 Å². The summed E-state index contributed by atoms with van der Waals surface area (Å²) >= 11 is 5.79. The van der Waals surface area contributed by atoms with Gasteiger partial charge in [-0.3, -0.25) is 0 Å². The Labute approximate surface area is 134 Å². The van der Waals surface area contributed by atoms with Gasteiger partial charge in [-0.2, -0.15) is 0 Å². The summed E-state index contributed by atoms with van der Waals surface area (Å²) in [6, 6.07) is 3.08. The highest BCUT2D eigenvalue weighted by Gasteiger charge is 2.08. The Morgan fingerprint density at radius 2 is 2.18 bits per heavy atom. The van der Waals surface area contributed by atoms with Gasteiger partial charge in [0.15, 0.2) is 0 Å². The van der Waals surface area contributed by atoms with Crippen LogP contribution in [0.15, 0.2) is 24.7 Å². The Hall–Kier alpha value is -2.08. The number of halogens is 1. The lowest BCUT2D eigenvalue weighted by Crippen LogP contribution is -2.29. The van der Waals surface area contributed by atoms with Crippen molar-refractivity contribution >= 4 is 23.3 Å². The molecule has 2 aromatic rings. The number of urea groups is 1. The minimum atomic E-state index is -0.287. The summed E-state index contributed by atoms with van der Waals surface area (Å²) in [5, 5.41) is 5.98. The van der Waals surface area contributed by atoms with Crippen LogP contribution in [0.1, 0.15) is 25.2 Å². The quantitative estimate of drug-likeness (QED) is 0.831. The van der Waals surface area contributed by atoms with Gasteiger partial charge < -0.3 is 15.2 Å². The number of aryl methyl sites for hydroxylation is 1. The second-order valence-electron chi connectivity index (χ2n) is 5.51. The van der Waals surface area contributed by atoms with E-state index >= 15 is 0 Å². The lowest BCUT2D eigenvalue weighted by Gasteiger charge is -2.12. The second kappa shape index (κ2) is 7.26. The lowest BCUT2D eigenvalue weighted by atomic mass is 10.2. The first-order valence-corrected chi connectivity index (χ1v) is 7.50. The van der Waals surface area contributed by atoms with Crippen molar-refractivity contribution in [2.45, 2.75) is 33.9 Å². The predicted octanol–water partition coefficient (Wildman–Crippen LogP) is 3.22. The molecule has 0 aliphatic carbocycles. The Morgan fingerprint density at radius 3 is 2.86 bits per heavy atom. The molecule has 2 N–H and O–H groups in total. The van der Waals surface area contributed by atoms with Crippen molar-refractivity contribution in [3.63, 3.8) is 0 Å². The van der Waals surface area contributed by atoms with Gasteiger partial charge in [0, 0.05) is 12.7 Å². The number of nitrogens with one attached hydrogen (secondary N) is 2. The molecule has 2 amide bonds. The van der Waals surface area contributed by atoms with Gasteiger partial charge in [0.25, 0.3) is 0 Å². The summed E-state index contributed by atoms with van der Waals surface area (Å²) in [5.41, 5.74) is 2.28. The molecular weight excluding hydrogens is 302 g/mol. The molecule has 0 saturated carbocycles. The predicted molar refractivity (Wildman–Crippen MR) is 86.9 cm³/mol. The number of hydrogen-bond donors (Lipinski definition) is 2. The van der Waals surface area contributed by atoms with E-state index in [0.29, 0.717) is 29.0 Å². The summed E-state index contributed by atoms with van der Waals surface area (Å²) < 4.78 is 2.04. The van der Waals surface area contributed by atoms with Crippen LogP contribution in [-0.2, 0) is 13.1 Å². The minimum absolute atomic E-state index is 0.287. The van der Waals surface area contributed by atoms with Crippen LogP contribution >= 0.6 is 11.6 Å². The third-order valence-corrected chi connectivity index (χ3v) is 3.30. The van der Waals surface area contributed by atoms with Crippen LogP contribution in [0.5, 0.6) is 0 Å². The highest BCUT2D eigenvalue weighted by molar-refractivity contribution is 6.29. The zero-order valence-corrected chi connectivity index (χ0v) is 13.7. The summed E-state index contributed by atoms with van der Waals surface area (Å²) in [7, 11) is 0. The molecule has 0 radical (unpaired) electrons. The summed E-state index contributed by atoms with van der Waals surface area (Å²) in [5.74, 6) is 0.518. The summed E-state index contributed by atoms with van der Waals surface area (Å²) in [4.78, 5) is 20.2. The smallest absolute Gasteiger partial charge is 0.319 e. The molecule has 2 rings (SSSR count). The maximum absolute atomic E-state index is 12.0. The highest BCUT2D eigenvalue weighted by atomic mass is 35.5. The van der Waals surface area contributed by atoms with Gasteiger partial charge in [-0.25, -0.2) is 14.8 Å². The summed E-state index contributed by atoms with van der Waals surface area (Å²) in [6.07, 6.45) is 3.54. The van der Waals surface area contributed by atoms with Crippen LogP contribution in [0.2, 0.25) is 5.15 Å². The molecule has 0 aliphatic heterocycles. The first kappa shape index (κ1) is 16.3. The van der Waals surface area contributed by atoms with Gasteiger partial charge in [0.1, 0.15) is 5.15 Å². The van der Waals surface area contributed by atoms with Crippen molar-refractivity contribution in [2.24, 2.45) is 5.92 Å². The average Bonchev–Trinajstić information content (AvgIpc) is 2.86. The van der Waals surface area contributed by atoms with Gasteiger partial charge in [-0.05, 0) is 25.0 Å². The van der Waals surface area contributed by atoms with E-state index in [1.54, 1.807) is 31.6 Å². The highest BCUT2D eigenvalue weighted by Crippen LogP contribution is 2.15. The van der Waals surface area contributed by atoms with Crippen LogP contribution in [0.4, 0.5) is 10.5 Å². The molecule has 0 fully saturated rings. The van der Waals surface area contributed by atoms with Crippen LogP contribution < -0.4 is 10.6 Å². The number of anilines is 1. The Morgan fingerprint density at radius 1 is 1.41 bits per heavy atom. The standard InChI is InChI=1S/C15H20ClN5O/c1-10(2)8-21-9-17-6-12(21)7-18-15(22)20-13-4-5-14(16)19-11(13)3/h4-6,9-10H,7-8H2,1-3H3,(H2,18,20,22). The number of nitrogens with zero attached hydrogens (tertiary/aromatic N) is 3. The van der Waals surface area contributed by atoms with E-state index in [0.717, 1.165) is 12.2 Å². The summed E-state index contributed by atoms with van der Waals surface area (Å²) in [6.45, 7) is 7.36. The molecule has 22 heavy (non-hydrogen) atoms. The zero-order valence-electron chi connectivity index (χ0n) is 12.9. The fourth-order valence-corrected chi connectivity index (χ4v) is 2.24. The van der Waals surface area contributed by atoms with E-state index < -0.39 is 0 Å². The number of amides is 2. The number of hydrogen-bond acceptors (Lipinski definition) is 3. The number of aromatic nitrogens is 3. The van der Waals surface area contributed by atoms with Crippen molar-refractivity contribution in [1.82, 2.24) is 19.9 Å². The van der Waals surface area contributed by atoms with Crippen LogP contribution in [-0.4, -0.2) is 20.6 Å². The van der Waals surface area contributed by atoms with Crippen molar-refractivity contribution in [3.05, 3.63) is 41.2 Å². The van der Waals surface area contributed by atoms with Crippen LogP contribution in [0.3, 0.4) is 0 Å². The van der Waals surface area contributed by atoms with Crippen molar-refractivity contribution in [1.29, 1.82) is 0 Å². The molecule has 0 spiro atoms. The molecule has 0 atom stereocenters. The van der Waals surface area contributed by atoms with Crippen LogP contribution in [0, 0.1) is 12.8 Å². The van der Waals surface area contributed by atoms with E-state index in [1.165, 1.54) is 0 Å². The normalized spacial score (nSPS) is 10.8. The number of carbonyl (C=O) groups excluding carboxylic acids is 1. The minimum Gasteiger partial charge on any atom is -0.333 e. The molecule has 0 saturated heterocycles. The molecule has 6 nitrogen and oxygen atoms in total. The van der Waals surface area contributed by atoms with E-state index in [1.807, 2.05) is 4.57 Å². The Balaban J connectivity index is 1.92. The third kappa shape index (κ3) is 4.46. The number of pyridine rings is 1. The molecule has 0 bridgehead atoms. The SMILES string of the molecule is Cc1nc(Cl)ccc1NC(=O)NCc1cncn1CC(C)C. The fourth-order valence-electron chi connectivity index (χ4n) is 2.05. The molecule has 118 valence electrons. The van der Waals surface area contributed by atoms with E-state index in [4.69, 9.17) is 11.6 Å². The van der Waals surface area contributed by atoms with Crippen molar-refractivity contribution in [3.8, 4) is 0 Å². The molecule has 0 aliphatic rings. The molecule has 7 heteroatoms. The number of carbonyl (C=O) groups is 1. The van der Waals surface area contributed by atoms with Gasteiger partial charge in [0.2, 0.25) is 0 Å². The van der Waals surface area contributed by atoms with Gasteiger partial charge >= 0.3 is 6.03 Å². The van der Waals surface area contributed by atoms with Crippen LogP contribution in [0.25, 0.3) is 0 Å². The molecule has 0 unspecified atom stereocenters. The third-order valence-electron chi connectivity index (χ3n) is 3.09. The average molecular weight is 322 g/mol. The molecule has 2 heterocycles. The number of imidazole rings is 1. The zero-order chi connectivity index (χ0) is 16.1. The Bertz CT molecular complexity index is 653.